The minimum absolute atomic E-state index is 0.0458. The van der Waals surface area contributed by atoms with Crippen LogP contribution >= 0.6 is 0 Å². The number of amides is 2. The Morgan fingerprint density at radius 1 is 0.972 bits per heavy atom. The summed E-state index contributed by atoms with van der Waals surface area (Å²) < 4.78 is 45.5. The Morgan fingerprint density at radius 2 is 1.75 bits per heavy atom. The van der Waals surface area contributed by atoms with Crippen molar-refractivity contribution in [3.63, 3.8) is 0 Å². The number of ether oxygens (including phenoxy) is 1. The summed E-state index contributed by atoms with van der Waals surface area (Å²) in [6, 6.07) is 12.1. The molecule has 2 aliphatic rings. The number of hydrogen-bond acceptors (Lipinski definition) is 4. The lowest BCUT2D eigenvalue weighted by Crippen LogP contribution is -2.38. The first-order valence-electron chi connectivity index (χ1n) is 12.2. The maximum atomic E-state index is 13.2. The van der Waals surface area contributed by atoms with Crippen molar-refractivity contribution in [2.24, 2.45) is 0 Å². The van der Waals surface area contributed by atoms with Crippen LogP contribution in [0.4, 0.5) is 18.9 Å². The Balaban J connectivity index is 1.29. The van der Waals surface area contributed by atoms with Crippen molar-refractivity contribution in [3.8, 4) is 5.75 Å². The smallest absolute Gasteiger partial charge is 0.418 e. The Morgan fingerprint density at radius 3 is 2.47 bits per heavy atom. The topological polar surface area (TPSA) is 61.9 Å². The van der Waals surface area contributed by atoms with Gasteiger partial charge in [0.25, 0.3) is 5.91 Å². The van der Waals surface area contributed by atoms with Gasteiger partial charge in [-0.25, -0.2) is 0 Å². The summed E-state index contributed by atoms with van der Waals surface area (Å²) in [6.07, 6.45) is 3.53. The molecule has 9 heteroatoms. The lowest BCUT2D eigenvalue weighted by atomic mass is 10.1. The van der Waals surface area contributed by atoms with Crippen molar-refractivity contribution < 1.29 is 27.5 Å². The number of rotatable bonds is 6. The fourth-order valence-electron chi connectivity index (χ4n) is 4.48. The Labute approximate surface area is 208 Å². The van der Waals surface area contributed by atoms with Crippen molar-refractivity contribution in [2.45, 2.75) is 38.0 Å². The fourth-order valence-corrected chi connectivity index (χ4v) is 4.48. The molecule has 1 N–H and O–H groups in total. The molecule has 0 spiro atoms. The molecule has 192 valence electrons. The van der Waals surface area contributed by atoms with E-state index >= 15 is 0 Å². The molecular formula is C27H30F3N3O3. The van der Waals surface area contributed by atoms with E-state index in [4.69, 9.17) is 4.74 Å². The van der Waals surface area contributed by atoms with Gasteiger partial charge in [-0.05, 0) is 68.2 Å². The highest BCUT2D eigenvalue weighted by Gasteiger charge is 2.33. The molecule has 1 unspecified atom stereocenters. The van der Waals surface area contributed by atoms with Gasteiger partial charge in [-0.15, -0.1) is 0 Å². The Bertz CT molecular complexity index is 1090. The molecule has 6 nitrogen and oxygen atoms in total. The van der Waals surface area contributed by atoms with E-state index in [0.717, 1.165) is 31.1 Å². The van der Waals surface area contributed by atoms with Gasteiger partial charge >= 0.3 is 6.18 Å². The van der Waals surface area contributed by atoms with Gasteiger partial charge in [-0.2, -0.15) is 13.2 Å². The van der Waals surface area contributed by atoms with Gasteiger partial charge in [0.15, 0.2) is 0 Å². The van der Waals surface area contributed by atoms with Crippen molar-refractivity contribution >= 4 is 17.5 Å². The SMILES string of the molecule is O=C(CN1CCCN(C(=O)c2ccc(OC3C=CCCC3)cc2)CC1)Nc1ccccc1C(F)(F)F. The zero-order valence-electron chi connectivity index (χ0n) is 20.0. The molecule has 1 saturated heterocycles. The number of halogens is 3. The van der Waals surface area contributed by atoms with E-state index < -0.39 is 17.6 Å². The van der Waals surface area contributed by atoms with Crippen LogP contribution in [0.25, 0.3) is 0 Å². The number of carbonyl (C=O) groups excluding carboxylic acids is 2. The minimum atomic E-state index is -4.55. The van der Waals surface area contributed by atoms with Gasteiger partial charge in [0.05, 0.1) is 17.8 Å². The van der Waals surface area contributed by atoms with Crippen LogP contribution < -0.4 is 10.1 Å². The predicted octanol–water partition coefficient (Wildman–Crippen LogP) is 4.98. The summed E-state index contributed by atoms with van der Waals surface area (Å²) in [4.78, 5) is 29.1. The van der Waals surface area contributed by atoms with Crippen molar-refractivity contribution in [1.82, 2.24) is 9.80 Å². The van der Waals surface area contributed by atoms with Crippen molar-refractivity contribution in [1.29, 1.82) is 0 Å². The van der Waals surface area contributed by atoms with Crippen LogP contribution in [0.5, 0.6) is 5.75 Å². The second-order valence-corrected chi connectivity index (χ2v) is 9.05. The molecule has 0 saturated carbocycles. The zero-order valence-corrected chi connectivity index (χ0v) is 20.0. The third-order valence-corrected chi connectivity index (χ3v) is 6.35. The molecule has 1 fully saturated rings. The van der Waals surface area contributed by atoms with Crippen LogP contribution in [0.15, 0.2) is 60.7 Å². The highest BCUT2D eigenvalue weighted by molar-refractivity contribution is 5.94. The van der Waals surface area contributed by atoms with Crippen LogP contribution in [-0.4, -0.2) is 60.4 Å². The van der Waals surface area contributed by atoms with E-state index in [0.29, 0.717) is 38.2 Å². The molecule has 1 aliphatic carbocycles. The number of benzene rings is 2. The second kappa shape index (κ2) is 11.6. The van der Waals surface area contributed by atoms with E-state index in [2.05, 4.69) is 17.5 Å². The van der Waals surface area contributed by atoms with Crippen LogP contribution in [-0.2, 0) is 11.0 Å². The fraction of sp³-hybridized carbons (Fsp3) is 0.407. The number of hydrogen-bond donors (Lipinski definition) is 1. The van der Waals surface area contributed by atoms with Crippen LogP contribution in [0.2, 0.25) is 0 Å². The van der Waals surface area contributed by atoms with E-state index in [-0.39, 0.29) is 24.2 Å². The third kappa shape index (κ3) is 6.87. The van der Waals surface area contributed by atoms with Gasteiger partial charge in [-0.1, -0.05) is 18.2 Å². The highest BCUT2D eigenvalue weighted by atomic mass is 19.4. The molecule has 1 heterocycles. The van der Waals surface area contributed by atoms with E-state index in [1.165, 1.54) is 18.2 Å². The molecule has 2 amide bonds. The van der Waals surface area contributed by atoms with Crippen molar-refractivity contribution in [2.75, 3.05) is 38.0 Å². The average molecular weight is 502 g/mol. The summed E-state index contributed by atoms with van der Waals surface area (Å²) in [5.74, 6) is 0.114. The second-order valence-electron chi connectivity index (χ2n) is 9.05. The zero-order chi connectivity index (χ0) is 25.5. The molecule has 4 rings (SSSR count). The summed E-state index contributed by atoms with van der Waals surface area (Å²) in [5, 5.41) is 2.38. The maximum Gasteiger partial charge on any atom is 0.418 e. The van der Waals surface area contributed by atoms with Gasteiger partial charge in [0.2, 0.25) is 5.91 Å². The first-order chi connectivity index (χ1) is 17.3. The summed E-state index contributed by atoms with van der Waals surface area (Å²) in [5.41, 5.74) is -0.567. The monoisotopic (exact) mass is 501 g/mol. The van der Waals surface area contributed by atoms with E-state index in [1.807, 2.05) is 17.0 Å². The summed E-state index contributed by atoms with van der Waals surface area (Å²) in [7, 11) is 0. The summed E-state index contributed by atoms with van der Waals surface area (Å²) >= 11 is 0. The number of allylic oxidation sites excluding steroid dienone is 1. The maximum absolute atomic E-state index is 13.2. The first kappa shape index (κ1) is 25.8. The van der Waals surface area contributed by atoms with Crippen LogP contribution in [0.3, 0.4) is 0 Å². The first-order valence-corrected chi connectivity index (χ1v) is 12.2. The van der Waals surface area contributed by atoms with Crippen LogP contribution in [0, 0.1) is 0 Å². The van der Waals surface area contributed by atoms with E-state index in [9.17, 15) is 22.8 Å². The lowest BCUT2D eigenvalue weighted by molar-refractivity contribution is -0.137. The van der Waals surface area contributed by atoms with E-state index in [1.54, 1.807) is 17.0 Å². The number of anilines is 1. The number of alkyl halides is 3. The predicted molar refractivity (Wildman–Crippen MR) is 131 cm³/mol. The standard InChI is InChI=1S/C27H30F3N3O3/c28-27(29,30)23-9-4-5-10-24(23)31-25(34)19-32-15-6-16-33(18-17-32)26(35)20-11-13-22(14-12-20)36-21-7-2-1-3-8-21/h2,4-5,7,9-14,21H,1,3,6,8,15-19H2,(H,31,34). The number of para-hydroxylation sites is 1. The van der Waals surface area contributed by atoms with Gasteiger partial charge < -0.3 is 15.0 Å². The van der Waals surface area contributed by atoms with Crippen molar-refractivity contribution in [3.05, 3.63) is 71.8 Å². The Hall–Kier alpha value is -3.33. The average Bonchev–Trinajstić information content (AvgIpc) is 3.10. The quantitative estimate of drug-likeness (QED) is 0.568. The normalized spacial score (nSPS) is 19.0. The summed E-state index contributed by atoms with van der Waals surface area (Å²) in [6.45, 7) is 1.94. The minimum Gasteiger partial charge on any atom is -0.486 e. The van der Waals surface area contributed by atoms with Gasteiger partial charge in [-0.3, -0.25) is 14.5 Å². The molecule has 0 radical (unpaired) electrons. The largest absolute Gasteiger partial charge is 0.486 e. The molecule has 1 aliphatic heterocycles. The molecule has 36 heavy (non-hydrogen) atoms. The Kier molecular flexibility index (Phi) is 8.30. The number of nitrogens with zero attached hydrogens (tertiary/aromatic N) is 2. The number of carbonyl (C=O) groups is 2. The number of nitrogens with one attached hydrogen (secondary N) is 1. The molecular weight excluding hydrogens is 471 g/mol. The third-order valence-electron chi connectivity index (χ3n) is 6.35. The molecule has 2 aromatic rings. The van der Waals surface area contributed by atoms with Crippen LogP contribution in [0.1, 0.15) is 41.6 Å². The highest BCUT2D eigenvalue weighted by Crippen LogP contribution is 2.34. The molecule has 2 aromatic carbocycles. The molecule has 0 aromatic heterocycles. The van der Waals surface area contributed by atoms with Gasteiger partial charge in [0.1, 0.15) is 11.9 Å². The van der Waals surface area contributed by atoms with Gasteiger partial charge in [0, 0.05) is 31.7 Å². The molecule has 1 atom stereocenters. The lowest BCUT2D eigenvalue weighted by Gasteiger charge is -2.22. The molecule has 0 bridgehead atoms.